The van der Waals surface area contributed by atoms with E-state index in [1.54, 1.807) is 0 Å². The van der Waals surface area contributed by atoms with E-state index in [4.69, 9.17) is 0 Å². The lowest BCUT2D eigenvalue weighted by Crippen LogP contribution is -2.61. The van der Waals surface area contributed by atoms with Crippen molar-refractivity contribution in [3.8, 4) is 0 Å². The molecule has 1 N–H and O–H groups in total. The van der Waals surface area contributed by atoms with Crippen LogP contribution < -0.4 is 5.32 Å². The zero-order chi connectivity index (χ0) is 23.5. The third-order valence-corrected chi connectivity index (χ3v) is 7.45. The van der Waals surface area contributed by atoms with E-state index in [0.717, 1.165) is 43.5 Å². The fourth-order valence-electron chi connectivity index (χ4n) is 5.00. The highest BCUT2D eigenvalue weighted by molar-refractivity contribution is 5.81. The van der Waals surface area contributed by atoms with Gasteiger partial charge in [-0.05, 0) is 32.8 Å². The summed E-state index contributed by atoms with van der Waals surface area (Å²) in [5.74, 6) is 0.238. The van der Waals surface area contributed by atoms with Gasteiger partial charge in [-0.3, -0.25) is 4.79 Å². The number of rotatable bonds is 20. The second-order valence-corrected chi connectivity index (χ2v) is 9.55. The maximum absolute atomic E-state index is 13.2. The van der Waals surface area contributed by atoms with Crippen LogP contribution in [0.5, 0.6) is 0 Å². The molecule has 3 nitrogen and oxygen atoms in total. The Labute approximate surface area is 200 Å². The molecule has 0 aliphatic heterocycles. The average Bonchev–Trinajstić information content (AvgIpc) is 2.83. The molecule has 0 aliphatic rings. The number of nitrogens with zero attached hydrogens (tertiary/aromatic N) is 1. The number of carbonyl (C=O) groups excluding carboxylic acids is 1. The van der Waals surface area contributed by atoms with Crippen LogP contribution in [0.3, 0.4) is 0 Å². The van der Waals surface area contributed by atoms with Crippen molar-refractivity contribution in [2.24, 2.45) is 0 Å². The molecule has 0 aromatic heterocycles. The first-order chi connectivity index (χ1) is 15.6. The summed E-state index contributed by atoms with van der Waals surface area (Å²) in [5.41, 5.74) is 1.26. The van der Waals surface area contributed by atoms with E-state index in [-0.39, 0.29) is 11.9 Å². The van der Waals surface area contributed by atoms with Gasteiger partial charge in [0.15, 0.2) is 6.04 Å². The summed E-state index contributed by atoms with van der Waals surface area (Å²) in [5, 5.41) is 3.29. The van der Waals surface area contributed by atoms with E-state index in [9.17, 15) is 4.79 Å². The van der Waals surface area contributed by atoms with Gasteiger partial charge in [-0.15, -0.1) is 0 Å². The molecule has 1 aromatic rings. The minimum Gasteiger partial charge on any atom is -0.351 e. The van der Waals surface area contributed by atoms with Gasteiger partial charge in [-0.2, -0.15) is 0 Å². The number of benzene rings is 1. The molecule has 184 valence electrons. The summed E-state index contributed by atoms with van der Waals surface area (Å²) in [6.07, 6.45) is 17.0. The standard InChI is InChI=1S/C29H52N2O/c1-5-9-10-11-12-13-14-15-16-17-18-22-25-30-29(32)28(31(6-2,7-3)8-4)26-27-23-20-19-21-24-27/h19-21,23-24,28H,5-18,22,25-26H2,1-4H3/p+1/t28-/m0/s1. The normalized spacial score (nSPS) is 12.6. The van der Waals surface area contributed by atoms with Crippen molar-refractivity contribution in [3.63, 3.8) is 0 Å². The Kier molecular flexibility index (Phi) is 16.2. The maximum Gasteiger partial charge on any atom is 0.278 e. The number of nitrogens with one attached hydrogen (secondary N) is 1. The third-order valence-electron chi connectivity index (χ3n) is 7.45. The van der Waals surface area contributed by atoms with Crippen molar-refractivity contribution in [1.29, 1.82) is 0 Å². The number of amides is 1. The molecule has 0 spiro atoms. The van der Waals surface area contributed by atoms with Crippen molar-refractivity contribution in [2.45, 2.75) is 117 Å². The molecule has 1 aromatic carbocycles. The van der Waals surface area contributed by atoms with Gasteiger partial charge in [0.1, 0.15) is 0 Å². The van der Waals surface area contributed by atoms with Crippen LogP contribution in [-0.4, -0.2) is 42.6 Å². The lowest BCUT2D eigenvalue weighted by atomic mass is 10.0. The highest BCUT2D eigenvalue weighted by atomic mass is 16.2. The first-order valence-corrected chi connectivity index (χ1v) is 13.8. The van der Waals surface area contributed by atoms with Gasteiger partial charge in [-0.1, -0.05) is 108 Å². The van der Waals surface area contributed by atoms with Gasteiger partial charge in [0.2, 0.25) is 0 Å². The average molecular weight is 446 g/mol. The third kappa shape index (κ3) is 11.0. The van der Waals surface area contributed by atoms with Crippen LogP contribution >= 0.6 is 0 Å². The Balaban J connectivity index is 2.31. The van der Waals surface area contributed by atoms with Gasteiger partial charge in [0, 0.05) is 13.0 Å². The van der Waals surface area contributed by atoms with Crippen molar-refractivity contribution in [1.82, 2.24) is 5.32 Å². The smallest absolute Gasteiger partial charge is 0.278 e. The molecule has 0 unspecified atom stereocenters. The quantitative estimate of drug-likeness (QED) is 0.166. The topological polar surface area (TPSA) is 29.1 Å². The van der Waals surface area contributed by atoms with E-state index < -0.39 is 0 Å². The second-order valence-electron chi connectivity index (χ2n) is 9.55. The zero-order valence-corrected chi connectivity index (χ0v) is 21.8. The molecule has 1 atom stereocenters. The van der Waals surface area contributed by atoms with E-state index in [0.29, 0.717) is 0 Å². The Morgan fingerprint density at radius 2 is 1.19 bits per heavy atom. The molecule has 0 saturated carbocycles. The van der Waals surface area contributed by atoms with Crippen LogP contribution in [0.1, 0.15) is 110 Å². The predicted octanol–water partition coefficient (Wildman–Crippen LogP) is 7.29. The number of likely N-dealkylation sites (N-methyl/N-ethyl adjacent to an activating group) is 1. The molecular formula is C29H53N2O+. The van der Waals surface area contributed by atoms with Crippen LogP contribution in [0.2, 0.25) is 0 Å². The Hall–Kier alpha value is -1.35. The fourth-order valence-corrected chi connectivity index (χ4v) is 5.00. The fraction of sp³-hybridized carbons (Fsp3) is 0.759. The van der Waals surface area contributed by atoms with Crippen molar-refractivity contribution < 1.29 is 9.28 Å². The lowest BCUT2D eigenvalue weighted by Gasteiger charge is -2.42. The van der Waals surface area contributed by atoms with Crippen LogP contribution in [0.4, 0.5) is 0 Å². The maximum atomic E-state index is 13.2. The van der Waals surface area contributed by atoms with E-state index in [1.807, 2.05) is 6.07 Å². The van der Waals surface area contributed by atoms with Crippen LogP contribution in [0, 0.1) is 0 Å². The Morgan fingerprint density at radius 3 is 1.66 bits per heavy atom. The number of quaternary nitrogens is 1. The number of hydrogen-bond donors (Lipinski definition) is 1. The molecule has 0 radical (unpaired) electrons. The van der Waals surface area contributed by atoms with E-state index >= 15 is 0 Å². The summed E-state index contributed by atoms with van der Waals surface area (Å²) in [7, 11) is 0. The molecule has 1 amide bonds. The summed E-state index contributed by atoms with van der Waals surface area (Å²) >= 11 is 0. The van der Waals surface area contributed by atoms with E-state index in [1.165, 1.54) is 76.2 Å². The number of carbonyl (C=O) groups is 1. The van der Waals surface area contributed by atoms with Crippen LogP contribution in [-0.2, 0) is 11.2 Å². The van der Waals surface area contributed by atoms with Gasteiger partial charge in [0.05, 0.1) is 19.6 Å². The molecule has 3 heteroatoms. The molecular weight excluding hydrogens is 392 g/mol. The van der Waals surface area contributed by atoms with Crippen molar-refractivity contribution in [2.75, 3.05) is 26.2 Å². The van der Waals surface area contributed by atoms with Gasteiger partial charge >= 0.3 is 0 Å². The van der Waals surface area contributed by atoms with Crippen molar-refractivity contribution >= 4 is 5.91 Å². The second kappa shape index (κ2) is 18.1. The molecule has 0 aliphatic carbocycles. The predicted molar refractivity (Wildman–Crippen MR) is 140 cm³/mol. The molecule has 0 bridgehead atoms. The van der Waals surface area contributed by atoms with E-state index in [2.05, 4.69) is 57.3 Å². The van der Waals surface area contributed by atoms with Gasteiger partial charge in [0.25, 0.3) is 5.91 Å². The molecule has 0 heterocycles. The first kappa shape index (κ1) is 28.7. The van der Waals surface area contributed by atoms with Crippen LogP contribution in [0.25, 0.3) is 0 Å². The minimum absolute atomic E-state index is 0.00488. The summed E-state index contributed by atoms with van der Waals surface area (Å²) < 4.78 is 0.860. The monoisotopic (exact) mass is 445 g/mol. The summed E-state index contributed by atoms with van der Waals surface area (Å²) in [6.45, 7) is 12.8. The van der Waals surface area contributed by atoms with Gasteiger partial charge in [-0.25, -0.2) is 0 Å². The largest absolute Gasteiger partial charge is 0.351 e. The Morgan fingerprint density at radius 1 is 0.719 bits per heavy atom. The molecule has 0 saturated heterocycles. The zero-order valence-electron chi connectivity index (χ0n) is 21.8. The molecule has 0 fully saturated rings. The summed E-state index contributed by atoms with van der Waals surface area (Å²) in [4.78, 5) is 13.2. The SMILES string of the molecule is CCCCCCCCCCCCCCNC(=O)[C@H](Cc1ccccc1)[N+](CC)(CC)CC. The lowest BCUT2D eigenvalue weighted by molar-refractivity contribution is -0.938. The highest BCUT2D eigenvalue weighted by Crippen LogP contribution is 2.19. The Bertz CT molecular complexity index is 560. The van der Waals surface area contributed by atoms with Gasteiger partial charge < -0.3 is 9.80 Å². The molecule has 32 heavy (non-hydrogen) atoms. The minimum atomic E-state index is -0.00488. The molecule has 1 rings (SSSR count). The van der Waals surface area contributed by atoms with Crippen LogP contribution in [0.15, 0.2) is 30.3 Å². The number of hydrogen-bond acceptors (Lipinski definition) is 1. The number of unbranched alkanes of at least 4 members (excludes halogenated alkanes) is 11. The first-order valence-electron chi connectivity index (χ1n) is 13.8. The summed E-state index contributed by atoms with van der Waals surface area (Å²) in [6, 6.07) is 10.5. The highest BCUT2D eigenvalue weighted by Gasteiger charge is 2.38. The van der Waals surface area contributed by atoms with Crippen molar-refractivity contribution in [3.05, 3.63) is 35.9 Å².